The number of rotatable bonds is 10. The molecule has 0 saturated heterocycles. The van der Waals surface area contributed by atoms with E-state index in [0.29, 0.717) is 41.3 Å². The van der Waals surface area contributed by atoms with Gasteiger partial charge in [0.05, 0.1) is 12.4 Å². The number of sulfone groups is 1. The highest BCUT2D eigenvalue weighted by atomic mass is 32.2. The highest BCUT2D eigenvalue weighted by molar-refractivity contribution is 7.90. The van der Waals surface area contributed by atoms with Crippen LogP contribution in [-0.4, -0.2) is 43.1 Å². The summed E-state index contributed by atoms with van der Waals surface area (Å²) in [4.78, 5) is 15.8. The maximum atomic E-state index is 14.7. The zero-order valence-electron chi connectivity index (χ0n) is 21.5. The molecule has 1 heterocycles. The van der Waals surface area contributed by atoms with Crippen molar-refractivity contribution in [1.82, 2.24) is 4.98 Å². The van der Waals surface area contributed by atoms with Crippen LogP contribution >= 0.6 is 0 Å². The molecule has 0 amide bonds. The van der Waals surface area contributed by atoms with Gasteiger partial charge in [0.25, 0.3) is 0 Å². The van der Waals surface area contributed by atoms with Gasteiger partial charge in [0, 0.05) is 40.6 Å². The van der Waals surface area contributed by atoms with Crippen LogP contribution in [0.5, 0.6) is 5.88 Å². The molecule has 1 atom stereocenters. The van der Waals surface area contributed by atoms with E-state index < -0.39 is 15.8 Å². The van der Waals surface area contributed by atoms with Crippen molar-refractivity contribution in [2.75, 3.05) is 18.6 Å². The van der Waals surface area contributed by atoms with E-state index in [1.165, 1.54) is 12.3 Å². The summed E-state index contributed by atoms with van der Waals surface area (Å²) in [7, 11) is -3.04. The van der Waals surface area contributed by atoms with Crippen LogP contribution in [0.25, 0.3) is 11.1 Å². The standard InChI is InChI=1S/C29H30FNO6S/c1-18-15-26(36-13-6-14-38(3,34)35)31-19(2)27(18)20-11-12-25(30)21(16-20)17-37-22-7-4-9-23-24(10-5-8-22)28(23)29(32)33/h4-5,7-9,11-12,15-16,24H,6,10,13-14,17H2,1-3H3,(H,32,33)/b8-5?,9-4+,22-7?/t24-/m1/s1. The van der Waals surface area contributed by atoms with E-state index in [2.05, 4.69) is 4.98 Å². The summed E-state index contributed by atoms with van der Waals surface area (Å²) in [6, 6.07) is 6.64. The molecule has 1 aromatic heterocycles. The topological polar surface area (TPSA) is 103 Å². The number of hydrogen-bond acceptors (Lipinski definition) is 6. The number of carbonyl (C=O) groups is 1. The van der Waals surface area contributed by atoms with Gasteiger partial charge in [-0.1, -0.05) is 24.3 Å². The first kappa shape index (κ1) is 27.3. The smallest absolute Gasteiger partial charge is 0.332 e. The van der Waals surface area contributed by atoms with Gasteiger partial charge in [0.2, 0.25) is 5.88 Å². The summed E-state index contributed by atoms with van der Waals surface area (Å²) in [6.45, 7) is 4.03. The van der Waals surface area contributed by atoms with Crippen LogP contribution in [-0.2, 0) is 26.0 Å². The Labute approximate surface area is 221 Å². The minimum atomic E-state index is -3.04. The van der Waals surface area contributed by atoms with E-state index in [1.807, 2.05) is 19.9 Å². The maximum absolute atomic E-state index is 14.7. The molecule has 0 bridgehead atoms. The Hall–Kier alpha value is -3.72. The molecule has 0 aliphatic heterocycles. The number of pyridine rings is 1. The van der Waals surface area contributed by atoms with Gasteiger partial charge in [-0.15, -0.1) is 0 Å². The van der Waals surface area contributed by atoms with Crippen molar-refractivity contribution in [2.45, 2.75) is 33.3 Å². The normalized spacial score (nSPS) is 17.6. The van der Waals surface area contributed by atoms with E-state index in [0.717, 1.165) is 22.3 Å². The number of nitrogens with zero attached hydrogens (tertiary/aromatic N) is 1. The van der Waals surface area contributed by atoms with Crippen molar-refractivity contribution in [3.05, 3.63) is 94.2 Å². The summed E-state index contributed by atoms with van der Waals surface area (Å²) >= 11 is 0. The van der Waals surface area contributed by atoms with Gasteiger partial charge >= 0.3 is 5.97 Å². The number of halogens is 1. The third-order valence-electron chi connectivity index (χ3n) is 6.38. The number of carboxylic acid groups (broad SMARTS) is 1. The first-order valence-electron chi connectivity index (χ1n) is 12.3. The first-order chi connectivity index (χ1) is 18.0. The Kier molecular flexibility index (Phi) is 8.16. The lowest BCUT2D eigenvalue weighted by atomic mass is 9.97. The number of aliphatic carboxylic acids is 1. The number of aryl methyl sites for hydroxylation is 2. The third kappa shape index (κ3) is 6.77. The molecule has 1 aromatic carbocycles. The summed E-state index contributed by atoms with van der Waals surface area (Å²) in [5, 5.41) is 9.23. The van der Waals surface area contributed by atoms with Gasteiger partial charge in [-0.25, -0.2) is 22.6 Å². The molecule has 0 spiro atoms. The van der Waals surface area contributed by atoms with Crippen LogP contribution in [0.15, 0.2) is 71.6 Å². The largest absolute Gasteiger partial charge is 0.489 e. The molecule has 4 rings (SSSR count). The quantitative estimate of drug-likeness (QED) is 0.412. The molecule has 0 fully saturated rings. The maximum Gasteiger partial charge on any atom is 0.332 e. The van der Waals surface area contributed by atoms with Gasteiger partial charge in [-0.2, -0.15) is 0 Å². The minimum absolute atomic E-state index is 0.0171. The van der Waals surface area contributed by atoms with Gasteiger partial charge in [-0.05, 0) is 67.7 Å². The van der Waals surface area contributed by atoms with Crippen molar-refractivity contribution in [1.29, 1.82) is 0 Å². The molecular weight excluding hydrogens is 509 g/mol. The number of ether oxygens (including phenoxy) is 2. The fourth-order valence-electron chi connectivity index (χ4n) is 4.54. The summed E-state index contributed by atoms with van der Waals surface area (Å²) in [5.74, 6) is -0.312. The lowest BCUT2D eigenvalue weighted by Crippen LogP contribution is -2.09. The molecule has 38 heavy (non-hydrogen) atoms. The van der Waals surface area contributed by atoms with E-state index in [-0.39, 0.29) is 30.7 Å². The van der Waals surface area contributed by atoms with E-state index in [1.54, 1.807) is 42.5 Å². The fraction of sp³-hybridized carbons (Fsp3) is 0.310. The predicted octanol–water partition coefficient (Wildman–Crippen LogP) is 5.25. The third-order valence-corrected chi connectivity index (χ3v) is 7.41. The van der Waals surface area contributed by atoms with Crippen LogP contribution in [0.4, 0.5) is 4.39 Å². The Morgan fingerprint density at radius 3 is 2.68 bits per heavy atom. The van der Waals surface area contributed by atoms with Crippen LogP contribution in [0, 0.1) is 25.6 Å². The van der Waals surface area contributed by atoms with Crippen molar-refractivity contribution in [3.8, 4) is 17.0 Å². The molecule has 1 N–H and O–H groups in total. The molecule has 0 saturated carbocycles. The average Bonchev–Trinajstić information content (AvgIpc) is 3.51. The van der Waals surface area contributed by atoms with Crippen molar-refractivity contribution in [3.63, 3.8) is 0 Å². The molecule has 2 aromatic rings. The summed E-state index contributed by atoms with van der Waals surface area (Å²) in [6.07, 6.45) is 11.1. The zero-order chi connectivity index (χ0) is 27.4. The Bertz CT molecular complexity index is 1460. The highest BCUT2D eigenvalue weighted by Crippen LogP contribution is 2.43. The second-order valence-electron chi connectivity index (χ2n) is 9.46. The number of allylic oxidation sites excluding steroid dienone is 6. The van der Waals surface area contributed by atoms with Crippen LogP contribution < -0.4 is 4.74 Å². The van der Waals surface area contributed by atoms with E-state index >= 15 is 0 Å². The van der Waals surface area contributed by atoms with Crippen molar-refractivity contribution < 1.29 is 32.2 Å². The van der Waals surface area contributed by atoms with Gasteiger partial charge < -0.3 is 14.6 Å². The van der Waals surface area contributed by atoms with Crippen LogP contribution in [0.2, 0.25) is 0 Å². The molecule has 0 radical (unpaired) electrons. The molecule has 0 unspecified atom stereocenters. The summed E-state index contributed by atoms with van der Waals surface area (Å²) < 4.78 is 48.8. The minimum Gasteiger partial charge on any atom is -0.489 e. The Balaban J connectivity index is 1.46. The first-order valence-corrected chi connectivity index (χ1v) is 14.3. The second kappa shape index (κ2) is 11.3. The number of carboxylic acids is 1. The Morgan fingerprint density at radius 2 is 1.97 bits per heavy atom. The molecule has 9 heteroatoms. The SMILES string of the molecule is Cc1cc(OCCCS(C)(=O)=O)nc(C)c1-c1ccc(F)c(COC2=C/C=C/C3=C(C(=O)O)[C@@H]3CC=C2)c1. The number of aromatic nitrogens is 1. The lowest BCUT2D eigenvalue weighted by Gasteiger charge is -2.15. The monoisotopic (exact) mass is 539 g/mol. The molecule has 200 valence electrons. The number of fused-ring (bicyclic) bond motifs is 1. The molecular formula is C29H30FNO6S. The second-order valence-corrected chi connectivity index (χ2v) is 11.7. The van der Waals surface area contributed by atoms with Gasteiger partial charge in [0.1, 0.15) is 28.0 Å². The molecule has 2 aliphatic rings. The number of benzene rings is 1. The summed E-state index contributed by atoms with van der Waals surface area (Å²) in [5.41, 5.74) is 4.93. The molecule has 2 aliphatic carbocycles. The van der Waals surface area contributed by atoms with E-state index in [4.69, 9.17) is 9.47 Å². The number of hydrogen-bond donors (Lipinski definition) is 1. The highest BCUT2D eigenvalue weighted by Gasteiger charge is 2.38. The van der Waals surface area contributed by atoms with Gasteiger partial charge in [-0.3, -0.25) is 0 Å². The average molecular weight is 540 g/mol. The van der Waals surface area contributed by atoms with Crippen molar-refractivity contribution >= 4 is 15.8 Å². The Morgan fingerprint density at radius 1 is 1.18 bits per heavy atom. The predicted molar refractivity (Wildman–Crippen MR) is 143 cm³/mol. The van der Waals surface area contributed by atoms with Crippen molar-refractivity contribution in [2.24, 2.45) is 5.92 Å². The van der Waals surface area contributed by atoms with Gasteiger partial charge in [0.15, 0.2) is 0 Å². The zero-order valence-corrected chi connectivity index (χ0v) is 22.3. The molecule has 7 nitrogen and oxygen atoms in total. The lowest BCUT2D eigenvalue weighted by molar-refractivity contribution is -0.132. The van der Waals surface area contributed by atoms with Crippen LogP contribution in [0.3, 0.4) is 0 Å². The fourth-order valence-corrected chi connectivity index (χ4v) is 5.18. The van der Waals surface area contributed by atoms with E-state index in [9.17, 15) is 22.7 Å². The van der Waals surface area contributed by atoms with Crippen LogP contribution in [0.1, 0.15) is 29.7 Å².